The van der Waals surface area contributed by atoms with Gasteiger partial charge in [0.25, 0.3) is 0 Å². The highest BCUT2D eigenvalue weighted by Crippen LogP contribution is 2.39. The summed E-state index contributed by atoms with van der Waals surface area (Å²) >= 11 is 0. The van der Waals surface area contributed by atoms with E-state index in [2.05, 4.69) is 198 Å². The van der Waals surface area contributed by atoms with Gasteiger partial charge in [-0.3, -0.25) is 0 Å². The maximum atomic E-state index is 5.12. The van der Waals surface area contributed by atoms with Crippen molar-refractivity contribution in [1.82, 2.24) is 14.1 Å². The van der Waals surface area contributed by atoms with Crippen molar-refractivity contribution in [2.45, 2.75) is 0 Å². The largest absolute Gasteiger partial charge is 0.309 e. The Morgan fingerprint density at radius 1 is 0.411 bits per heavy atom. The minimum atomic E-state index is 0.859. The molecule has 264 valence electrons. The van der Waals surface area contributed by atoms with Crippen LogP contribution in [-0.4, -0.2) is 14.1 Å². The molecule has 10 rings (SSSR count). The van der Waals surface area contributed by atoms with Gasteiger partial charge in [-0.05, 0) is 94.6 Å². The van der Waals surface area contributed by atoms with Gasteiger partial charge in [-0.2, -0.15) is 0 Å². The van der Waals surface area contributed by atoms with E-state index < -0.39 is 0 Å². The molecule has 10 aromatic rings. The van der Waals surface area contributed by atoms with Gasteiger partial charge in [0.15, 0.2) is 0 Å². The van der Waals surface area contributed by atoms with Crippen molar-refractivity contribution in [3.63, 3.8) is 0 Å². The second-order valence-electron chi connectivity index (χ2n) is 14.1. The van der Waals surface area contributed by atoms with Gasteiger partial charge in [-0.25, -0.2) is 4.98 Å². The van der Waals surface area contributed by atoms with Crippen molar-refractivity contribution in [3.05, 3.63) is 219 Å². The van der Waals surface area contributed by atoms with Crippen LogP contribution in [0, 0.1) is 0 Å². The molecule has 0 amide bonds. The van der Waals surface area contributed by atoms with Crippen LogP contribution in [-0.2, 0) is 0 Å². The predicted octanol–water partition coefficient (Wildman–Crippen LogP) is 14.0. The van der Waals surface area contributed by atoms with E-state index in [-0.39, 0.29) is 0 Å². The number of rotatable bonds is 8. The van der Waals surface area contributed by atoms with Crippen molar-refractivity contribution in [1.29, 1.82) is 0 Å². The quantitative estimate of drug-likeness (QED) is 0.144. The van der Waals surface area contributed by atoms with Crippen LogP contribution in [0.5, 0.6) is 0 Å². The van der Waals surface area contributed by atoms with E-state index in [1.807, 2.05) is 18.2 Å². The van der Waals surface area contributed by atoms with Crippen LogP contribution >= 0.6 is 0 Å². The minimum Gasteiger partial charge on any atom is -0.309 e. The van der Waals surface area contributed by atoms with Gasteiger partial charge in [-0.15, -0.1) is 0 Å². The van der Waals surface area contributed by atoms with Gasteiger partial charge < -0.3 is 9.13 Å². The first-order chi connectivity index (χ1) is 27.7. The molecule has 3 heteroatoms. The lowest BCUT2D eigenvalue weighted by molar-refractivity contribution is 1.18. The number of fused-ring (bicyclic) bond motifs is 6. The van der Waals surface area contributed by atoms with Crippen LogP contribution in [0.15, 0.2) is 213 Å². The van der Waals surface area contributed by atoms with Crippen molar-refractivity contribution in [2.24, 2.45) is 0 Å². The highest BCUT2D eigenvalue weighted by atomic mass is 15.0. The number of hydrogen-bond acceptors (Lipinski definition) is 1. The molecule has 3 nitrogen and oxygen atoms in total. The molecule has 0 bridgehead atoms. The number of aromatic nitrogens is 3. The molecule has 0 radical (unpaired) electrons. The summed E-state index contributed by atoms with van der Waals surface area (Å²) in [5.41, 5.74) is 15.3. The van der Waals surface area contributed by atoms with Crippen LogP contribution in [0.1, 0.15) is 5.69 Å². The SMILES string of the molecule is C=C/C=C(\C=C)c1cc(-c2ccccc2)cc(-c2ccc(-n3c4ccccc4c4ccc(-c5ccc6c(c5)c5ccccc5n6-c5ccccc5)cc43)cc2)n1. The molecule has 0 aliphatic rings. The lowest BCUT2D eigenvalue weighted by Gasteiger charge is -2.13. The second kappa shape index (κ2) is 13.7. The van der Waals surface area contributed by atoms with Gasteiger partial charge in [0.1, 0.15) is 0 Å². The van der Waals surface area contributed by atoms with Crippen LogP contribution in [0.4, 0.5) is 0 Å². The van der Waals surface area contributed by atoms with E-state index in [0.717, 1.165) is 45.0 Å². The molecule has 0 spiro atoms. The van der Waals surface area contributed by atoms with Gasteiger partial charge in [-0.1, -0.05) is 147 Å². The van der Waals surface area contributed by atoms with E-state index >= 15 is 0 Å². The molecule has 0 saturated carbocycles. The topological polar surface area (TPSA) is 22.8 Å². The number of para-hydroxylation sites is 3. The summed E-state index contributed by atoms with van der Waals surface area (Å²) in [6.07, 6.45) is 5.57. The molecule has 0 aliphatic heterocycles. The highest BCUT2D eigenvalue weighted by molar-refractivity contribution is 6.12. The fraction of sp³-hybridized carbons (Fsp3) is 0. The summed E-state index contributed by atoms with van der Waals surface area (Å²) < 4.78 is 4.75. The number of pyridine rings is 1. The van der Waals surface area contributed by atoms with Crippen molar-refractivity contribution in [3.8, 4) is 44.9 Å². The Balaban J connectivity index is 1.10. The van der Waals surface area contributed by atoms with Gasteiger partial charge >= 0.3 is 0 Å². The maximum absolute atomic E-state index is 5.12. The van der Waals surface area contributed by atoms with E-state index in [1.54, 1.807) is 6.08 Å². The summed E-state index contributed by atoms with van der Waals surface area (Å²) in [5.74, 6) is 0. The highest BCUT2D eigenvalue weighted by Gasteiger charge is 2.17. The number of hydrogen-bond donors (Lipinski definition) is 0. The average Bonchev–Trinajstić information content (AvgIpc) is 3.78. The van der Waals surface area contributed by atoms with E-state index in [9.17, 15) is 0 Å². The standard InChI is InChI=1S/C53H37N3/c1-3-15-36(4-2)48-33-41(37-16-7-5-8-17-37)34-49(54-48)38-24-28-43(29-25-38)56-50-22-13-11-20-44(50)46-30-26-40(35-53(46)56)39-27-31-52-47(32-39)45-21-12-14-23-51(45)55(52)42-18-9-6-10-19-42/h3-35H,1-2H2/b36-15+. The molecule has 7 aromatic carbocycles. The van der Waals surface area contributed by atoms with E-state index in [1.165, 1.54) is 54.7 Å². The zero-order chi connectivity index (χ0) is 37.6. The normalized spacial score (nSPS) is 11.8. The third kappa shape index (κ3) is 5.57. The molecular formula is C53H37N3. The summed E-state index contributed by atoms with van der Waals surface area (Å²) in [4.78, 5) is 5.12. The molecule has 0 atom stereocenters. The molecule has 3 aromatic heterocycles. The summed E-state index contributed by atoms with van der Waals surface area (Å²) in [6, 6.07) is 65.3. The lowest BCUT2D eigenvalue weighted by atomic mass is 9.99. The predicted molar refractivity (Wildman–Crippen MR) is 238 cm³/mol. The monoisotopic (exact) mass is 715 g/mol. The fourth-order valence-electron chi connectivity index (χ4n) is 8.23. The van der Waals surface area contributed by atoms with Crippen LogP contribution in [0.25, 0.3) is 94.1 Å². The lowest BCUT2D eigenvalue weighted by Crippen LogP contribution is -1.96. The summed E-state index contributed by atoms with van der Waals surface area (Å²) in [5, 5.41) is 4.94. The molecule has 0 N–H and O–H groups in total. The molecule has 0 aliphatic carbocycles. The first kappa shape index (κ1) is 33.1. The Hall–Kier alpha value is -7.49. The molecule has 3 heterocycles. The maximum Gasteiger partial charge on any atom is 0.0715 e. The van der Waals surface area contributed by atoms with Crippen LogP contribution in [0.3, 0.4) is 0 Å². The molecule has 56 heavy (non-hydrogen) atoms. The molecule has 0 saturated heterocycles. The van der Waals surface area contributed by atoms with Crippen molar-refractivity contribution < 1.29 is 0 Å². The van der Waals surface area contributed by atoms with Gasteiger partial charge in [0, 0.05) is 38.5 Å². The molecule has 0 fully saturated rings. The molecule has 0 unspecified atom stereocenters. The summed E-state index contributed by atoms with van der Waals surface area (Å²) in [7, 11) is 0. The average molecular weight is 716 g/mol. The minimum absolute atomic E-state index is 0.859. The van der Waals surface area contributed by atoms with Crippen molar-refractivity contribution >= 4 is 49.2 Å². The van der Waals surface area contributed by atoms with Crippen molar-refractivity contribution in [2.75, 3.05) is 0 Å². The third-order valence-electron chi connectivity index (χ3n) is 10.9. The summed E-state index contributed by atoms with van der Waals surface area (Å²) in [6.45, 7) is 7.97. The number of allylic oxidation sites excluding steroid dienone is 4. The first-order valence-electron chi connectivity index (χ1n) is 18.9. The van der Waals surface area contributed by atoms with E-state index in [4.69, 9.17) is 4.98 Å². The van der Waals surface area contributed by atoms with E-state index in [0.29, 0.717) is 0 Å². The Bertz CT molecular complexity index is 3140. The van der Waals surface area contributed by atoms with Gasteiger partial charge in [0.05, 0.1) is 33.5 Å². The Labute approximate surface area is 326 Å². The Kier molecular flexibility index (Phi) is 8.12. The third-order valence-corrected chi connectivity index (χ3v) is 10.9. The number of benzene rings is 7. The Morgan fingerprint density at radius 2 is 0.964 bits per heavy atom. The molecular weight excluding hydrogens is 679 g/mol. The fourth-order valence-corrected chi connectivity index (χ4v) is 8.23. The second-order valence-corrected chi connectivity index (χ2v) is 14.1. The zero-order valence-corrected chi connectivity index (χ0v) is 30.8. The van der Waals surface area contributed by atoms with Crippen LogP contribution in [0.2, 0.25) is 0 Å². The number of nitrogens with zero attached hydrogens (tertiary/aromatic N) is 3. The first-order valence-corrected chi connectivity index (χ1v) is 18.9. The Morgan fingerprint density at radius 3 is 1.68 bits per heavy atom. The van der Waals surface area contributed by atoms with Crippen LogP contribution < -0.4 is 0 Å². The van der Waals surface area contributed by atoms with Gasteiger partial charge in [0.2, 0.25) is 0 Å². The smallest absolute Gasteiger partial charge is 0.0715 e. The zero-order valence-electron chi connectivity index (χ0n) is 30.8.